The van der Waals surface area contributed by atoms with Crippen LogP contribution in [-0.4, -0.2) is 34.1 Å². The third-order valence-corrected chi connectivity index (χ3v) is 3.66. The summed E-state index contributed by atoms with van der Waals surface area (Å²) in [5.41, 5.74) is -0.373. The van der Waals surface area contributed by atoms with Crippen LogP contribution in [0.3, 0.4) is 0 Å². The number of aliphatic hydroxyl groups is 1. The molecular weight excluding hydrogens is 260 g/mol. The van der Waals surface area contributed by atoms with Gasteiger partial charge in [-0.05, 0) is 13.3 Å². The Morgan fingerprint density at radius 1 is 1.35 bits per heavy atom. The van der Waals surface area contributed by atoms with E-state index in [-0.39, 0.29) is 5.56 Å². The summed E-state index contributed by atoms with van der Waals surface area (Å²) in [4.78, 5) is 29.7. The van der Waals surface area contributed by atoms with Crippen molar-refractivity contribution in [3.63, 3.8) is 0 Å². The standard InChI is InChI=1S/C13H22N4O3/c1-4-5-6-7-16-8-17(9(2)18)12-10(16)11(19)14-13(20)15(12)3/h9,18H,4-8H2,1-3H3,(H,14,19,20). The molecule has 1 aliphatic rings. The van der Waals surface area contributed by atoms with Crippen molar-refractivity contribution >= 4 is 11.5 Å². The van der Waals surface area contributed by atoms with E-state index in [4.69, 9.17) is 0 Å². The van der Waals surface area contributed by atoms with E-state index in [1.165, 1.54) is 4.57 Å². The van der Waals surface area contributed by atoms with E-state index < -0.39 is 11.9 Å². The second-order valence-electron chi connectivity index (χ2n) is 5.20. The van der Waals surface area contributed by atoms with Crippen molar-refractivity contribution in [2.75, 3.05) is 23.0 Å². The van der Waals surface area contributed by atoms with Gasteiger partial charge in [0.05, 0.1) is 6.67 Å². The second-order valence-corrected chi connectivity index (χ2v) is 5.20. The molecule has 0 saturated heterocycles. The predicted octanol–water partition coefficient (Wildman–Crippen LogP) is 0.186. The van der Waals surface area contributed by atoms with Crippen LogP contribution in [-0.2, 0) is 7.05 Å². The minimum atomic E-state index is -0.752. The lowest BCUT2D eigenvalue weighted by Crippen LogP contribution is -2.38. The van der Waals surface area contributed by atoms with E-state index >= 15 is 0 Å². The Bertz CT molecular complexity index is 590. The number of H-pyrrole nitrogens is 1. The maximum atomic E-state index is 12.1. The van der Waals surface area contributed by atoms with E-state index in [2.05, 4.69) is 11.9 Å². The van der Waals surface area contributed by atoms with Gasteiger partial charge >= 0.3 is 5.69 Å². The number of nitrogens with one attached hydrogen (secondary N) is 1. The van der Waals surface area contributed by atoms with Gasteiger partial charge in [-0.2, -0.15) is 0 Å². The Hall–Kier alpha value is -1.76. The van der Waals surface area contributed by atoms with Gasteiger partial charge in [0.1, 0.15) is 17.7 Å². The number of hydrogen-bond donors (Lipinski definition) is 2. The quantitative estimate of drug-likeness (QED) is 0.753. The van der Waals surface area contributed by atoms with Crippen molar-refractivity contribution in [3.05, 3.63) is 20.8 Å². The Kier molecular flexibility index (Phi) is 4.17. The predicted molar refractivity (Wildman–Crippen MR) is 78.2 cm³/mol. The largest absolute Gasteiger partial charge is 0.374 e. The zero-order valence-electron chi connectivity index (χ0n) is 12.2. The molecule has 2 heterocycles. The smallest absolute Gasteiger partial charge is 0.329 e. The fourth-order valence-corrected chi connectivity index (χ4v) is 2.56. The molecule has 0 spiro atoms. The lowest BCUT2D eigenvalue weighted by Gasteiger charge is -2.24. The highest BCUT2D eigenvalue weighted by Crippen LogP contribution is 2.32. The molecule has 0 fully saturated rings. The molecule has 0 saturated carbocycles. The zero-order chi connectivity index (χ0) is 14.9. The van der Waals surface area contributed by atoms with E-state index in [9.17, 15) is 14.7 Å². The Morgan fingerprint density at radius 2 is 2.05 bits per heavy atom. The third kappa shape index (κ3) is 2.45. The summed E-state index contributed by atoms with van der Waals surface area (Å²) in [7, 11) is 1.60. The molecule has 0 aromatic carbocycles. The summed E-state index contributed by atoms with van der Waals surface area (Å²) in [6.45, 7) is 4.92. The fraction of sp³-hybridized carbons (Fsp3) is 0.692. The molecule has 1 atom stereocenters. The molecule has 0 amide bonds. The number of rotatable bonds is 5. The van der Waals surface area contributed by atoms with Crippen LogP contribution in [0.25, 0.3) is 0 Å². The lowest BCUT2D eigenvalue weighted by molar-refractivity contribution is 0.189. The highest BCUT2D eigenvalue weighted by molar-refractivity contribution is 5.72. The van der Waals surface area contributed by atoms with Crippen molar-refractivity contribution in [1.29, 1.82) is 0 Å². The Balaban J connectivity index is 2.44. The molecule has 20 heavy (non-hydrogen) atoms. The maximum absolute atomic E-state index is 12.1. The van der Waals surface area contributed by atoms with Crippen LogP contribution >= 0.6 is 0 Å². The van der Waals surface area contributed by atoms with E-state index in [1.54, 1.807) is 18.9 Å². The van der Waals surface area contributed by atoms with Crippen LogP contribution in [0.2, 0.25) is 0 Å². The molecule has 1 unspecified atom stereocenters. The summed E-state index contributed by atoms with van der Waals surface area (Å²) >= 11 is 0. The van der Waals surface area contributed by atoms with Gasteiger partial charge in [-0.25, -0.2) is 4.79 Å². The van der Waals surface area contributed by atoms with Crippen molar-refractivity contribution in [2.45, 2.75) is 39.3 Å². The number of fused-ring (bicyclic) bond motifs is 1. The topological polar surface area (TPSA) is 81.6 Å². The van der Waals surface area contributed by atoms with Crippen LogP contribution in [0.15, 0.2) is 9.59 Å². The first kappa shape index (κ1) is 14.6. The normalized spacial score (nSPS) is 15.6. The summed E-state index contributed by atoms with van der Waals surface area (Å²) in [6.07, 6.45) is 2.41. The van der Waals surface area contributed by atoms with Gasteiger partial charge < -0.3 is 14.9 Å². The molecule has 1 aliphatic heterocycles. The molecule has 0 bridgehead atoms. The number of aliphatic hydroxyl groups excluding tert-OH is 1. The minimum absolute atomic E-state index is 0.386. The van der Waals surface area contributed by atoms with Gasteiger partial charge in [-0.3, -0.25) is 14.3 Å². The van der Waals surface area contributed by atoms with Gasteiger partial charge in [0, 0.05) is 13.6 Å². The molecule has 112 valence electrons. The summed E-state index contributed by atoms with van der Waals surface area (Å²) in [6, 6.07) is 0. The van der Waals surface area contributed by atoms with Gasteiger partial charge in [-0.1, -0.05) is 19.8 Å². The van der Waals surface area contributed by atoms with Gasteiger partial charge in [0.2, 0.25) is 0 Å². The number of aromatic amines is 1. The van der Waals surface area contributed by atoms with Crippen LogP contribution in [0.5, 0.6) is 0 Å². The number of anilines is 2. The first-order valence-corrected chi connectivity index (χ1v) is 7.00. The molecule has 7 nitrogen and oxygen atoms in total. The molecule has 0 aliphatic carbocycles. The van der Waals surface area contributed by atoms with Gasteiger partial charge in [0.15, 0.2) is 0 Å². The van der Waals surface area contributed by atoms with Gasteiger partial charge in [0.25, 0.3) is 5.56 Å². The van der Waals surface area contributed by atoms with E-state index in [0.717, 1.165) is 25.8 Å². The first-order valence-electron chi connectivity index (χ1n) is 7.00. The van der Waals surface area contributed by atoms with Gasteiger partial charge in [-0.15, -0.1) is 0 Å². The second kappa shape index (κ2) is 5.70. The molecule has 7 heteroatoms. The van der Waals surface area contributed by atoms with Crippen molar-refractivity contribution in [3.8, 4) is 0 Å². The Morgan fingerprint density at radius 3 is 2.65 bits per heavy atom. The Labute approximate surface area is 117 Å². The maximum Gasteiger partial charge on any atom is 0.329 e. The average molecular weight is 282 g/mol. The molecule has 0 radical (unpaired) electrons. The SMILES string of the molecule is CCCCCN1CN(C(C)O)c2c1c(=O)[nH]c(=O)n2C. The fourth-order valence-electron chi connectivity index (χ4n) is 2.56. The van der Waals surface area contributed by atoms with E-state index in [1.807, 2.05) is 4.90 Å². The molecule has 1 aromatic heterocycles. The number of hydrogen-bond acceptors (Lipinski definition) is 5. The van der Waals surface area contributed by atoms with Crippen molar-refractivity contribution < 1.29 is 5.11 Å². The summed E-state index contributed by atoms with van der Waals surface area (Å²) < 4.78 is 1.38. The highest BCUT2D eigenvalue weighted by atomic mass is 16.3. The monoisotopic (exact) mass is 282 g/mol. The number of nitrogens with zero attached hydrogens (tertiary/aromatic N) is 3. The zero-order valence-corrected chi connectivity index (χ0v) is 12.2. The molecule has 2 rings (SSSR count). The third-order valence-electron chi connectivity index (χ3n) is 3.66. The van der Waals surface area contributed by atoms with Crippen molar-refractivity contribution in [1.82, 2.24) is 9.55 Å². The van der Waals surface area contributed by atoms with Crippen LogP contribution in [0.1, 0.15) is 33.1 Å². The highest BCUT2D eigenvalue weighted by Gasteiger charge is 2.33. The first-order chi connectivity index (χ1) is 9.47. The molecule has 1 aromatic rings. The lowest BCUT2D eigenvalue weighted by atomic mass is 10.2. The minimum Gasteiger partial charge on any atom is -0.374 e. The van der Waals surface area contributed by atoms with E-state index in [0.29, 0.717) is 18.2 Å². The number of unbranched alkanes of at least 4 members (excludes halogenated alkanes) is 2. The molecular formula is C13H22N4O3. The van der Waals surface area contributed by atoms with Crippen molar-refractivity contribution in [2.24, 2.45) is 7.05 Å². The number of aromatic nitrogens is 2. The van der Waals surface area contributed by atoms with Crippen LogP contribution < -0.4 is 21.0 Å². The van der Waals surface area contributed by atoms with Crippen LogP contribution in [0, 0.1) is 0 Å². The summed E-state index contributed by atoms with van der Waals surface area (Å²) in [5.74, 6) is 0.491. The average Bonchev–Trinajstić information content (AvgIpc) is 2.77. The molecule has 2 N–H and O–H groups in total. The summed E-state index contributed by atoms with van der Waals surface area (Å²) in [5, 5.41) is 9.87. The van der Waals surface area contributed by atoms with Crippen LogP contribution in [0.4, 0.5) is 11.5 Å².